The first kappa shape index (κ1) is 15.0. The minimum absolute atomic E-state index is 0.0364. The number of carbonyl (C=O) groups excluding carboxylic acids is 1. The Bertz CT molecular complexity index is 446. The number of hydrogen-bond acceptors (Lipinski definition) is 3. The maximum absolute atomic E-state index is 11.3. The van der Waals surface area contributed by atoms with E-state index in [4.69, 9.17) is 5.11 Å². The molecule has 0 bridgehead atoms. The van der Waals surface area contributed by atoms with Crippen LogP contribution in [0, 0.1) is 0 Å². The molecule has 0 fully saturated rings. The highest BCUT2D eigenvalue weighted by Crippen LogP contribution is 2.19. The number of benzene rings is 1. The van der Waals surface area contributed by atoms with Crippen LogP contribution < -0.4 is 10.2 Å². The number of carboxylic acid groups (broad SMARTS) is 1. The van der Waals surface area contributed by atoms with Crippen LogP contribution in [0.5, 0.6) is 0 Å². The van der Waals surface area contributed by atoms with Crippen LogP contribution >= 0.6 is 0 Å². The Morgan fingerprint density at radius 3 is 2.63 bits per heavy atom. The summed E-state index contributed by atoms with van der Waals surface area (Å²) >= 11 is 0. The molecule has 104 valence electrons. The molecule has 1 rings (SSSR count). The summed E-state index contributed by atoms with van der Waals surface area (Å²) in [6.45, 7) is 4.94. The van der Waals surface area contributed by atoms with E-state index in [0.717, 1.165) is 17.9 Å². The molecule has 0 radical (unpaired) electrons. The zero-order valence-electron chi connectivity index (χ0n) is 11.3. The van der Waals surface area contributed by atoms with E-state index in [9.17, 15) is 9.59 Å². The second-order valence-corrected chi connectivity index (χ2v) is 4.18. The number of nitrogens with one attached hydrogen (secondary N) is 1. The topological polar surface area (TPSA) is 69.6 Å². The van der Waals surface area contributed by atoms with Crippen molar-refractivity contribution in [3.05, 3.63) is 24.3 Å². The Hall–Kier alpha value is -2.04. The van der Waals surface area contributed by atoms with Crippen molar-refractivity contribution in [2.75, 3.05) is 23.3 Å². The largest absolute Gasteiger partial charge is 0.481 e. The van der Waals surface area contributed by atoms with Gasteiger partial charge in [0.1, 0.15) is 0 Å². The smallest absolute Gasteiger partial charge is 0.305 e. The van der Waals surface area contributed by atoms with E-state index < -0.39 is 5.97 Å². The van der Waals surface area contributed by atoms with Gasteiger partial charge in [0.2, 0.25) is 5.91 Å². The van der Waals surface area contributed by atoms with E-state index >= 15 is 0 Å². The van der Waals surface area contributed by atoms with Crippen LogP contribution in [0.3, 0.4) is 0 Å². The van der Waals surface area contributed by atoms with Crippen LogP contribution in [0.4, 0.5) is 11.4 Å². The molecule has 0 aromatic heterocycles. The van der Waals surface area contributed by atoms with Crippen LogP contribution in [0.1, 0.15) is 26.7 Å². The number of anilines is 2. The SMILES string of the molecule is CCC(=O)Nc1cccc(N(CC)CCC(=O)O)c1. The number of rotatable bonds is 7. The van der Waals surface area contributed by atoms with Crippen molar-refractivity contribution in [2.24, 2.45) is 0 Å². The molecule has 0 aliphatic heterocycles. The van der Waals surface area contributed by atoms with Crippen LogP contribution in [0.2, 0.25) is 0 Å². The molecule has 1 aromatic carbocycles. The summed E-state index contributed by atoms with van der Waals surface area (Å²) in [7, 11) is 0. The van der Waals surface area contributed by atoms with Crippen molar-refractivity contribution in [1.29, 1.82) is 0 Å². The van der Waals surface area contributed by atoms with Crippen LogP contribution in [-0.4, -0.2) is 30.1 Å². The van der Waals surface area contributed by atoms with Gasteiger partial charge in [-0.05, 0) is 25.1 Å². The second-order valence-electron chi connectivity index (χ2n) is 4.18. The minimum Gasteiger partial charge on any atom is -0.481 e. The third kappa shape index (κ3) is 4.99. The van der Waals surface area contributed by atoms with Crippen LogP contribution in [0.25, 0.3) is 0 Å². The monoisotopic (exact) mass is 264 g/mol. The van der Waals surface area contributed by atoms with Crippen LogP contribution in [-0.2, 0) is 9.59 Å². The first-order chi connectivity index (χ1) is 9.06. The first-order valence-corrected chi connectivity index (χ1v) is 6.43. The molecule has 0 heterocycles. The average molecular weight is 264 g/mol. The Kier molecular flexibility index (Phi) is 5.85. The molecule has 0 aliphatic carbocycles. The van der Waals surface area contributed by atoms with E-state index in [2.05, 4.69) is 5.32 Å². The van der Waals surface area contributed by atoms with Crippen molar-refractivity contribution in [1.82, 2.24) is 0 Å². The normalized spacial score (nSPS) is 10.0. The van der Waals surface area contributed by atoms with Crippen molar-refractivity contribution in [3.8, 4) is 0 Å². The van der Waals surface area contributed by atoms with E-state index in [1.807, 2.05) is 36.1 Å². The number of amides is 1. The quantitative estimate of drug-likeness (QED) is 0.793. The molecule has 0 unspecified atom stereocenters. The van der Waals surface area contributed by atoms with Crippen LogP contribution in [0.15, 0.2) is 24.3 Å². The fourth-order valence-corrected chi connectivity index (χ4v) is 1.73. The highest BCUT2D eigenvalue weighted by atomic mass is 16.4. The van der Waals surface area contributed by atoms with Crippen molar-refractivity contribution >= 4 is 23.3 Å². The summed E-state index contributed by atoms with van der Waals surface area (Å²) in [5.74, 6) is -0.848. The summed E-state index contributed by atoms with van der Waals surface area (Å²) < 4.78 is 0. The molecule has 0 atom stereocenters. The Labute approximate surface area is 113 Å². The molecule has 19 heavy (non-hydrogen) atoms. The third-order valence-electron chi connectivity index (χ3n) is 2.79. The minimum atomic E-state index is -0.811. The molecule has 1 amide bonds. The predicted molar refractivity (Wildman–Crippen MR) is 75.5 cm³/mol. The highest BCUT2D eigenvalue weighted by molar-refractivity contribution is 5.91. The van der Waals surface area contributed by atoms with E-state index in [0.29, 0.717) is 13.0 Å². The summed E-state index contributed by atoms with van der Waals surface area (Å²) in [5.41, 5.74) is 1.65. The number of carboxylic acids is 1. The standard InChI is InChI=1S/C14H20N2O3/c1-3-13(17)15-11-6-5-7-12(10-11)16(4-2)9-8-14(18)19/h5-7,10H,3-4,8-9H2,1-2H3,(H,15,17)(H,18,19). The third-order valence-corrected chi connectivity index (χ3v) is 2.79. The molecule has 5 nitrogen and oxygen atoms in total. The highest BCUT2D eigenvalue weighted by Gasteiger charge is 2.08. The van der Waals surface area contributed by atoms with E-state index in [1.54, 1.807) is 6.92 Å². The summed E-state index contributed by atoms with van der Waals surface area (Å²) in [5, 5.41) is 11.5. The maximum Gasteiger partial charge on any atom is 0.305 e. The van der Waals surface area contributed by atoms with Gasteiger partial charge < -0.3 is 15.3 Å². The lowest BCUT2D eigenvalue weighted by Gasteiger charge is -2.22. The molecule has 0 aliphatic rings. The van der Waals surface area contributed by atoms with Gasteiger partial charge in [0.25, 0.3) is 0 Å². The Morgan fingerprint density at radius 2 is 2.05 bits per heavy atom. The number of aliphatic carboxylic acids is 1. The molecule has 1 aromatic rings. The molecule has 0 saturated carbocycles. The van der Waals surface area contributed by atoms with Crippen molar-refractivity contribution in [3.63, 3.8) is 0 Å². The van der Waals surface area contributed by atoms with Gasteiger partial charge in [-0.15, -0.1) is 0 Å². The molecule has 5 heteroatoms. The van der Waals surface area contributed by atoms with E-state index in [1.165, 1.54) is 0 Å². The number of hydrogen-bond donors (Lipinski definition) is 2. The van der Waals surface area contributed by atoms with Gasteiger partial charge in [-0.1, -0.05) is 13.0 Å². The van der Waals surface area contributed by atoms with Crippen molar-refractivity contribution < 1.29 is 14.7 Å². The fourth-order valence-electron chi connectivity index (χ4n) is 1.73. The van der Waals surface area contributed by atoms with Gasteiger partial charge in [-0.25, -0.2) is 0 Å². The lowest BCUT2D eigenvalue weighted by atomic mass is 10.2. The first-order valence-electron chi connectivity index (χ1n) is 6.43. The molecular weight excluding hydrogens is 244 g/mol. The van der Waals surface area contributed by atoms with Gasteiger partial charge >= 0.3 is 5.97 Å². The fraction of sp³-hybridized carbons (Fsp3) is 0.429. The Morgan fingerprint density at radius 1 is 1.32 bits per heavy atom. The molecule has 2 N–H and O–H groups in total. The van der Waals surface area contributed by atoms with Gasteiger partial charge in [0, 0.05) is 30.9 Å². The zero-order chi connectivity index (χ0) is 14.3. The van der Waals surface area contributed by atoms with Gasteiger partial charge in [-0.2, -0.15) is 0 Å². The second kappa shape index (κ2) is 7.41. The Balaban J connectivity index is 2.77. The van der Waals surface area contributed by atoms with Gasteiger partial charge in [-0.3, -0.25) is 9.59 Å². The number of nitrogens with zero attached hydrogens (tertiary/aromatic N) is 1. The molecule has 0 spiro atoms. The molecule has 0 saturated heterocycles. The zero-order valence-corrected chi connectivity index (χ0v) is 11.3. The van der Waals surface area contributed by atoms with Gasteiger partial charge in [0.15, 0.2) is 0 Å². The lowest BCUT2D eigenvalue weighted by molar-refractivity contribution is -0.136. The lowest BCUT2D eigenvalue weighted by Crippen LogP contribution is -2.25. The predicted octanol–water partition coefficient (Wildman–Crippen LogP) is 2.34. The summed E-state index contributed by atoms with van der Waals surface area (Å²) in [6, 6.07) is 7.44. The van der Waals surface area contributed by atoms with E-state index in [-0.39, 0.29) is 12.3 Å². The van der Waals surface area contributed by atoms with Gasteiger partial charge in [0.05, 0.1) is 6.42 Å². The maximum atomic E-state index is 11.3. The summed E-state index contributed by atoms with van der Waals surface area (Å²) in [4.78, 5) is 23.9. The van der Waals surface area contributed by atoms with Crippen molar-refractivity contribution in [2.45, 2.75) is 26.7 Å². The number of carbonyl (C=O) groups is 2. The average Bonchev–Trinajstić information content (AvgIpc) is 2.39. The summed E-state index contributed by atoms with van der Waals surface area (Å²) in [6.07, 6.45) is 0.528. The molecular formula is C14H20N2O3.